The summed E-state index contributed by atoms with van der Waals surface area (Å²) < 4.78 is 11.0. The van der Waals surface area contributed by atoms with E-state index in [4.69, 9.17) is 9.47 Å². The number of guanidine groups is 1. The van der Waals surface area contributed by atoms with Crippen LogP contribution in [0.2, 0.25) is 0 Å². The number of nitrogens with zero attached hydrogens (tertiary/aromatic N) is 1. The molecular formula is C19H25N3O2. The molecule has 2 aromatic rings. The van der Waals surface area contributed by atoms with Crippen LogP contribution in [-0.2, 0) is 6.54 Å². The number of benzene rings is 2. The van der Waals surface area contributed by atoms with Crippen LogP contribution in [0.15, 0.2) is 59.6 Å². The van der Waals surface area contributed by atoms with Gasteiger partial charge in [0.05, 0.1) is 13.7 Å². The van der Waals surface area contributed by atoms with Gasteiger partial charge >= 0.3 is 0 Å². The molecule has 0 amide bonds. The Morgan fingerprint density at radius 3 is 2.33 bits per heavy atom. The third-order valence-electron chi connectivity index (χ3n) is 3.48. The zero-order chi connectivity index (χ0) is 17.2. The van der Waals surface area contributed by atoms with E-state index >= 15 is 0 Å². The van der Waals surface area contributed by atoms with Gasteiger partial charge in [-0.1, -0.05) is 30.3 Å². The van der Waals surface area contributed by atoms with E-state index in [0.29, 0.717) is 13.1 Å². The molecule has 0 aliphatic heterocycles. The van der Waals surface area contributed by atoms with Crippen molar-refractivity contribution in [3.05, 3.63) is 60.2 Å². The largest absolute Gasteiger partial charge is 0.497 e. The first-order valence-electron chi connectivity index (χ1n) is 8.00. The van der Waals surface area contributed by atoms with Crippen molar-refractivity contribution in [3.63, 3.8) is 0 Å². The zero-order valence-electron chi connectivity index (χ0n) is 14.5. The third kappa shape index (κ3) is 5.83. The fraction of sp³-hybridized carbons (Fsp3) is 0.316. The Balaban J connectivity index is 1.75. The molecule has 0 fully saturated rings. The summed E-state index contributed by atoms with van der Waals surface area (Å²) >= 11 is 0. The predicted molar refractivity (Wildman–Crippen MR) is 97.7 cm³/mol. The third-order valence-corrected chi connectivity index (χ3v) is 3.48. The molecule has 0 heterocycles. The minimum absolute atomic E-state index is 0.0342. The second-order valence-electron chi connectivity index (χ2n) is 5.40. The summed E-state index contributed by atoms with van der Waals surface area (Å²) in [6.45, 7) is 3.38. The van der Waals surface area contributed by atoms with Crippen molar-refractivity contribution in [2.75, 3.05) is 20.7 Å². The van der Waals surface area contributed by atoms with Crippen LogP contribution in [0.5, 0.6) is 11.5 Å². The molecule has 0 aromatic heterocycles. The van der Waals surface area contributed by atoms with E-state index < -0.39 is 0 Å². The normalized spacial score (nSPS) is 12.4. The average molecular weight is 327 g/mol. The number of ether oxygens (including phenoxy) is 2. The van der Waals surface area contributed by atoms with Crippen molar-refractivity contribution >= 4 is 5.96 Å². The van der Waals surface area contributed by atoms with Gasteiger partial charge in [0, 0.05) is 13.6 Å². The maximum atomic E-state index is 5.84. The minimum atomic E-state index is 0.0342. The van der Waals surface area contributed by atoms with Gasteiger partial charge in [-0.2, -0.15) is 0 Å². The smallest absolute Gasteiger partial charge is 0.191 e. The highest BCUT2D eigenvalue weighted by atomic mass is 16.5. The first-order chi connectivity index (χ1) is 11.7. The van der Waals surface area contributed by atoms with Crippen LogP contribution in [0.25, 0.3) is 0 Å². The molecule has 1 unspecified atom stereocenters. The second kappa shape index (κ2) is 9.45. The molecule has 0 spiro atoms. The first kappa shape index (κ1) is 17.7. The zero-order valence-corrected chi connectivity index (χ0v) is 14.5. The highest BCUT2D eigenvalue weighted by molar-refractivity contribution is 5.79. The van der Waals surface area contributed by atoms with Crippen LogP contribution >= 0.6 is 0 Å². The van der Waals surface area contributed by atoms with Crippen molar-refractivity contribution in [1.82, 2.24) is 10.6 Å². The molecule has 2 aromatic carbocycles. The fourth-order valence-electron chi connectivity index (χ4n) is 2.16. The number of rotatable bonds is 7. The van der Waals surface area contributed by atoms with Crippen LogP contribution in [0.3, 0.4) is 0 Å². The Kier molecular flexibility index (Phi) is 6.95. The van der Waals surface area contributed by atoms with Gasteiger partial charge in [-0.25, -0.2) is 0 Å². The van der Waals surface area contributed by atoms with Crippen LogP contribution in [0, 0.1) is 0 Å². The highest BCUT2D eigenvalue weighted by Gasteiger charge is 2.05. The molecule has 0 saturated carbocycles. The molecule has 0 bridgehead atoms. The van der Waals surface area contributed by atoms with E-state index in [1.54, 1.807) is 14.2 Å². The van der Waals surface area contributed by atoms with Crippen LogP contribution in [0.1, 0.15) is 12.5 Å². The SMILES string of the molecule is CN=C(NCc1ccc(OC)cc1)NCC(C)Oc1ccccc1. The quantitative estimate of drug-likeness (QED) is 0.606. The van der Waals surface area contributed by atoms with Gasteiger partial charge < -0.3 is 20.1 Å². The number of hydrogen-bond donors (Lipinski definition) is 2. The van der Waals surface area contributed by atoms with Crippen molar-refractivity contribution in [3.8, 4) is 11.5 Å². The Labute approximate surface area is 143 Å². The lowest BCUT2D eigenvalue weighted by Gasteiger charge is -2.17. The van der Waals surface area contributed by atoms with E-state index in [1.807, 2.05) is 61.5 Å². The molecule has 1 atom stereocenters. The minimum Gasteiger partial charge on any atom is -0.497 e. The molecule has 5 heteroatoms. The standard InChI is InChI=1S/C19H25N3O2/c1-15(24-18-7-5-4-6-8-18)13-21-19(20-2)22-14-16-9-11-17(23-3)12-10-16/h4-12,15H,13-14H2,1-3H3,(H2,20,21,22). The van der Waals surface area contributed by atoms with E-state index in [1.165, 1.54) is 0 Å². The summed E-state index contributed by atoms with van der Waals surface area (Å²) in [5.74, 6) is 2.47. The number of aliphatic imine (C=N–C) groups is 1. The Morgan fingerprint density at radius 1 is 1.00 bits per heavy atom. The highest BCUT2D eigenvalue weighted by Crippen LogP contribution is 2.11. The topological polar surface area (TPSA) is 54.9 Å². The molecule has 0 radical (unpaired) electrons. The van der Waals surface area contributed by atoms with Gasteiger partial charge in [0.2, 0.25) is 0 Å². The lowest BCUT2D eigenvalue weighted by Crippen LogP contribution is -2.41. The van der Waals surface area contributed by atoms with Gasteiger partial charge in [0.15, 0.2) is 5.96 Å². The van der Waals surface area contributed by atoms with Gasteiger partial charge in [0.1, 0.15) is 17.6 Å². The molecule has 128 valence electrons. The molecule has 2 N–H and O–H groups in total. The summed E-state index contributed by atoms with van der Waals surface area (Å²) in [5.41, 5.74) is 1.16. The number of para-hydroxylation sites is 1. The summed E-state index contributed by atoms with van der Waals surface area (Å²) in [4.78, 5) is 4.23. The molecule has 0 saturated heterocycles. The molecule has 24 heavy (non-hydrogen) atoms. The molecule has 0 aliphatic carbocycles. The summed E-state index contributed by atoms with van der Waals surface area (Å²) in [6.07, 6.45) is 0.0342. The van der Waals surface area contributed by atoms with Crippen molar-refractivity contribution < 1.29 is 9.47 Å². The summed E-state index contributed by atoms with van der Waals surface area (Å²) in [6, 6.07) is 17.8. The molecular weight excluding hydrogens is 302 g/mol. The van der Waals surface area contributed by atoms with Crippen molar-refractivity contribution in [2.24, 2.45) is 4.99 Å². The molecule has 0 aliphatic rings. The summed E-state index contributed by atoms with van der Waals surface area (Å²) in [7, 11) is 3.42. The first-order valence-corrected chi connectivity index (χ1v) is 8.00. The fourth-order valence-corrected chi connectivity index (χ4v) is 2.16. The van der Waals surface area contributed by atoms with E-state index in [-0.39, 0.29) is 6.10 Å². The molecule has 2 rings (SSSR count). The predicted octanol–water partition coefficient (Wildman–Crippen LogP) is 2.83. The van der Waals surface area contributed by atoms with Gasteiger partial charge in [-0.15, -0.1) is 0 Å². The Hall–Kier alpha value is -2.69. The van der Waals surface area contributed by atoms with E-state index in [9.17, 15) is 0 Å². The van der Waals surface area contributed by atoms with Crippen LogP contribution < -0.4 is 20.1 Å². The lowest BCUT2D eigenvalue weighted by atomic mass is 10.2. The van der Waals surface area contributed by atoms with Gasteiger partial charge in [-0.05, 0) is 36.8 Å². The van der Waals surface area contributed by atoms with Crippen LogP contribution in [0.4, 0.5) is 0 Å². The van der Waals surface area contributed by atoms with Crippen LogP contribution in [-0.4, -0.2) is 32.8 Å². The van der Waals surface area contributed by atoms with E-state index in [2.05, 4.69) is 15.6 Å². The number of nitrogens with one attached hydrogen (secondary N) is 2. The molecule has 5 nitrogen and oxygen atoms in total. The van der Waals surface area contributed by atoms with Crippen molar-refractivity contribution in [1.29, 1.82) is 0 Å². The average Bonchev–Trinajstić information content (AvgIpc) is 2.63. The van der Waals surface area contributed by atoms with Gasteiger partial charge in [-0.3, -0.25) is 4.99 Å². The van der Waals surface area contributed by atoms with E-state index in [0.717, 1.165) is 23.0 Å². The van der Waals surface area contributed by atoms with Gasteiger partial charge in [0.25, 0.3) is 0 Å². The Bertz CT molecular complexity index is 627. The second-order valence-corrected chi connectivity index (χ2v) is 5.40. The summed E-state index contributed by atoms with van der Waals surface area (Å²) in [5, 5.41) is 6.56. The monoisotopic (exact) mass is 327 g/mol. The maximum absolute atomic E-state index is 5.84. The Morgan fingerprint density at radius 2 is 1.71 bits per heavy atom. The van der Waals surface area contributed by atoms with Crippen molar-refractivity contribution in [2.45, 2.75) is 19.6 Å². The number of hydrogen-bond acceptors (Lipinski definition) is 3. The number of methoxy groups -OCH3 is 1. The maximum Gasteiger partial charge on any atom is 0.191 e. The lowest BCUT2D eigenvalue weighted by molar-refractivity contribution is 0.224.